The van der Waals surface area contributed by atoms with Crippen molar-refractivity contribution in [1.82, 2.24) is 0 Å². The first-order chi connectivity index (χ1) is 17.9. The zero-order valence-corrected chi connectivity index (χ0v) is 21.4. The Kier molecular flexibility index (Phi) is 9.81. The van der Waals surface area contributed by atoms with Gasteiger partial charge in [-0.1, -0.05) is 91.0 Å². The average molecular weight is 529 g/mol. The van der Waals surface area contributed by atoms with E-state index in [1.807, 2.05) is 91.0 Å². The van der Waals surface area contributed by atoms with Crippen molar-refractivity contribution in [1.29, 1.82) is 0 Å². The van der Waals surface area contributed by atoms with Crippen LogP contribution in [0, 0.1) is 0 Å². The minimum absolute atomic E-state index is 0.0251. The maximum atomic E-state index is 12.3. The van der Waals surface area contributed by atoms with E-state index in [2.05, 4.69) is 0 Å². The molecule has 0 aliphatic carbocycles. The number of aliphatic hydroxyl groups excluding tert-OH is 1. The summed E-state index contributed by atoms with van der Waals surface area (Å²) in [6.07, 6.45) is -4.44. The Morgan fingerprint density at radius 1 is 0.703 bits per heavy atom. The molecular formula is C28H32O8S. The highest BCUT2D eigenvalue weighted by molar-refractivity contribution is 7.86. The van der Waals surface area contributed by atoms with Crippen molar-refractivity contribution in [2.75, 3.05) is 12.9 Å². The molecule has 4 rings (SSSR count). The number of benzene rings is 3. The van der Waals surface area contributed by atoms with Crippen LogP contribution in [0.1, 0.15) is 16.7 Å². The third kappa shape index (κ3) is 8.44. The Morgan fingerprint density at radius 2 is 1.16 bits per heavy atom. The van der Waals surface area contributed by atoms with Crippen molar-refractivity contribution in [3.8, 4) is 0 Å². The van der Waals surface area contributed by atoms with Crippen molar-refractivity contribution in [3.05, 3.63) is 108 Å². The van der Waals surface area contributed by atoms with E-state index < -0.39 is 40.8 Å². The molecule has 1 N–H and O–H groups in total. The van der Waals surface area contributed by atoms with Crippen molar-refractivity contribution < 1.29 is 36.7 Å². The molecule has 1 aliphatic rings. The Bertz CT molecular complexity index is 1170. The SMILES string of the molecule is CS(=O)(=O)O[C@H]1[C@H](OCc2ccccc2)[C@@H](OCc2ccccc2)[C@@H](O)O[C@@H]1COCc1ccccc1. The molecule has 3 aromatic carbocycles. The lowest BCUT2D eigenvalue weighted by Gasteiger charge is -2.43. The van der Waals surface area contributed by atoms with Gasteiger partial charge in [-0.3, -0.25) is 4.18 Å². The summed E-state index contributed by atoms with van der Waals surface area (Å²) in [6.45, 7) is 0.580. The predicted octanol–water partition coefficient (Wildman–Crippen LogP) is 3.44. The van der Waals surface area contributed by atoms with Crippen molar-refractivity contribution in [2.45, 2.75) is 50.5 Å². The fourth-order valence-corrected chi connectivity index (χ4v) is 4.75. The summed E-state index contributed by atoms with van der Waals surface area (Å²) in [4.78, 5) is 0. The summed E-state index contributed by atoms with van der Waals surface area (Å²) in [5.74, 6) is 0. The molecule has 198 valence electrons. The Hall–Kier alpha value is -2.63. The molecule has 5 atom stereocenters. The van der Waals surface area contributed by atoms with Gasteiger partial charge in [0.2, 0.25) is 0 Å². The molecule has 0 saturated carbocycles. The molecule has 8 nitrogen and oxygen atoms in total. The highest BCUT2D eigenvalue weighted by Gasteiger charge is 2.49. The molecule has 1 fully saturated rings. The highest BCUT2D eigenvalue weighted by atomic mass is 32.2. The van der Waals surface area contributed by atoms with E-state index in [0.29, 0.717) is 0 Å². The van der Waals surface area contributed by atoms with Gasteiger partial charge in [0, 0.05) is 0 Å². The molecule has 37 heavy (non-hydrogen) atoms. The lowest BCUT2D eigenvalue weighted by molar-refractivity contribution is -0.304. The van der Waals surface area contributed by atoms with Gasteiger partial charge in [0.15, 0.2) is 6.29 Å². The third-order valence-corrected chi connectivity index (χ3v) is 6.43. The number of hydrogen-bond acceptors (Lipinski definition) is 8. The van der Waals surface area contributed by atoms with Crippen LogP contribution in [0.3, 0.4) is 0 Å². The zero-order valence-electron chi connectivity index (χ0n) is 20.6. The van der Waals surface area contributed by atoms with Gasteiger partial charge < -0.3 is 24.1 Å². The minimum Gasteiger partial charge on any atom is -0.374 e. The van der Waals surface area contributed by atoms with E-state index in [4.69, 9.17) is 23.1 Å². The molecule has 1 heterocycles. The van der Waals surface area contributed by atoms with Gasteiger partial charge in [0.25, 0.3) is 10.1 Å². The average Bonchev–Trinajstić information content (AvgIpc) is 2.89. The van der Waals surface area contributed by atoms with E-state index in [1.165, 1.54) is 0 Å². The van der Waals surface area contributed by atoms with Crippen molar-refractivity contribution in [3.63, 3.8) is 0 Å². The van der Waals surface area contributed by atoms with Gasteiger partial charge in [-0.2, -0.15) is 8.42 Å². The normalized spacial score (nSPS) is 24.1. The van der Waals surface area contributed by atoms with Gasteiger partial charge >= 0.3 is 0 Å². The molecule has 1 saturated heterocycles. The van der Waals surface area contributed by atoms with Crippen molar-refractivity contribution in [2.24, 2.45) is 0 Å². The molecule has 0 bridgehead atoms. The van der Waals surface area contributed by atoms with Gasteiger partial charge in [-0.15, -0.1) is 0 Å². The molecule has 0 aromatic heterocycles. The molecule has 0 amide bonds. The second kappa shape index (κ2) is 13.3. The van der Waals surface area contributed by atoms with E-state index >= 15 is 0 Å². The van der Waals surface area contributed by atoms with Crippen LogP contribution >= 0.6 is 0 Å². The Labute approximate surface area is 217 Å². The summed E-state index contributed by atoms with van der Waals surface area (Å²) >= 11 is 0. The Morgan fingerprint density at radius 3 is 1.65 bits per heavy atom. The maximum Gasteiger partial charge on any atom is 0.264 e. The van der Waals surface area contributed by atoms with Gasteiger partial charge in [0.1, 0.15) is 24.4 Å². The predicted molar refractivity (Wildman–Crippen MR) is 137 cm³/mol. The van der Waals surface area contributed by atoms with Gasteiger partial charge in [-0.05, 0) is 16.7 Å². The standard InChI is InChI=1S/C28H32O8S/c1-37(30,31)36-25-24(20-32-17-21-11-5-2-6-12-21)35-28(29)27(34-19-23-15-9-4-10-16-23)26(25)33-18-22-13-7-3-8-14-22/h2-16,24-29H,17-20H2,1H3/t24-,25-,26+,27-,28+/m1/s1. The second-order valence-electron chi connectivity index (χ2n) is 8.85. The fraction of sp³-hybridized carbons (Fsp3) is 0.357. The van der Waals surface area contributed by atoms with Crippen LogP contribution in [0.2, 0.25) is 0 Å². The van der Waals surface area contributed by atoms with E-state index in [-0.39, 0.29) is 26.4 Å². The van der Waals surface area contributed by atoms with Crippen LogP contribution in [-0.2, 0) is 53.1 Å². The first kappa shape index (κ1) is 27.4. The molecule has 0 unspecified atom stereocenters. The summed E-state index contributed by atoms with van der Waals surface area (Å²) in [5.41, 5.74) is 2.70. The summed E-state index contributed by atoms with van der Waals surface area (Å²) < 4.78 is 53.8. The monoisotopic (exact) mass is 528 g/mol. The lowest BCUT2D eigenvalue weighted by atomic mass is 9.98. The smallest absolute Gasteiger partial charge is 0.264 e. The van der Waals surface area contributed by atoms with Gasteiger partial charge in [0.05, 0.1) is 32.7 Å². The summed E-state index contributed by atoms with van der Waals surface area (Å²) in [5, 5.41) is 10.9. The van der Waals surface area contributed by atoms with Crippen LogP contribution in [0.25, 0.3) is 0 Å². The second-order valence-corrected chi connectivity index (χ2v) is 10.5. The zero-order chi connectivity index (χ0) is 26.1. The number of ether oxygens (including phenoxy) is 4. The molecule has 0 radical (unpaired) electrons. The van der Waals surface area contributed by atoms with E-state index in [0.717, 1.165) is 22.9 Å². The minimum atomic E-state index is -3.91. The quantitative estimate of drug-likeness (QED) is 0.357. The fourth-order valence-electron chi connectivity index (χ4n) is 4.11. The molecule has 1 aliphatic heterocycles. The molecule has 3 aromatic rings. The van der Waals surface area contributed by atoms with Crippen LogP contribution in [-0.4, -0.2) is 57.1 Å². The highest BCUT2D eigenvalue weighted by Crippen LogP contribution is 2.30. The van der Waals surface area contributed by atoms with Crippen molar-refractivity contribution >= 4 is 10.1 Å². The molecular weight excluding hydrogens is 496 g/mol. The van der Waals surface area contributed by atoms with E-state index in [1.54, 1.807) is 0 Å². The summed E-state index contributed by atoms with van der Waals surface area (Å²) in [7, 11) is -3.91. The van der Waals surface area contributed by atoms with Crippen LogP contribution in [0.4, 0.5) is 0 Å². The lowest BCUT2D eigenvalue weighted by Crippen LogP contribution is -2.61. The number of aliphatic hydroxyl groups is 1. The molecule has 9 heteroatoms. The number of rotatable bonds is 12. The van der Waals surface area contributed by atoms with Crippen LogP contribution < -0.4 is 0 Å². The largest absolute Gasteiger partial charge is 0.374 e. The van der Waals surface area contributed by atoms with Gasteiger partial charge in [-0.25, -0.2) is 0 Å². The summed E-state index contributed by atoms with van der Waals surface area (Å²) in [6, 6.07) is 28.4. The van der Waals surface area contributed by atoms with E-state index in [9.17, 15) is 13.5 Å². The maximum absolute atomic E-state index is 12.3. The molecule has 0 spiro atoms. The number of hydrogen-bond donors (Lipinski definition) is 1. The van der Waals surface area contributed by atoms with Crippen LogP contribution in [0.15, 0.2) is 91.0 Å². The first-order valence-corrected chi connectivity index (χ1v) is 13.9. The first-order valence-electron chi connectivity index (χ1n) is 12.0. The third-order valence-electron chi connectivity index (χ3n) is 5.86. The van der Waals surface area contributed by atoms with Crippen LogP contribution in [0.5, 0.6) is 0 Å². The topological polar surface area (TPSA) is 101 Å². The Balaban J connectivity index is 1.54.